The molecular weight excluding hydrogens is 462 g/mol. The van der Waals surface area contributed by atoms with Crippen LogP contribution < -0.4 is 9.62 Å². The molecule has 0 radical (unpaired) electrons. The molecule has 9 heteroatoms. The van der Waals surface area contributed by atoms with E-state index in [4.69, 9.17) is 11.6 Å². The third-order valence-corrected chi connectivity index (χ3v) is 6.69. The third kappa shape index (κ3) is 7.75. The number of anilines is 1. The van der Waals surface area contributed by atoms with Gasteiger partial charge >= 0.3 is 0 Å². The molecule has 1 atom stereocenters. The summed E-state index contributed by atoms with van der Waals surface area (Å²) in [5.41, 5.74) is 2.24. The minimum atomic E-state index is -3.74. The quantitative estimate of drug-likeness (QED) is 0.518. The highest BCUT2D eigenvalue weighted by Gasteiger charge is 2.29. The van der Waals surface area contributed by atoms with Gasteiger partial charge in [-0.2, -0.15) is 0 Å². The van der Waals surface area contributed by atoms with Crippen molar-refractivity contribution in [1.82, 2.24) is 10.2 Å². The first kappa shape index (κ1) is 26.7. The summed E-state index contributed by atoms with van der Waals surface area (Å²) in [6.07, 6.45) is 2.64. The summed E-state index contributed by atoms with van der Waals surface area (Å²) < 4.78 is 26.2. The van der Waals surface area contributed by atoms with Crippen molar-refractivity contribution in [2.45, 2.75) is 46.2 Å². The number of carbonyl (C=O) groups is 2. The second-order valence-corrected chi connectivity index (χ2v) is 10.2. The Morgan fingerprint density at radius 1 is 1.00 bits per heavy atom. The van der Waals surface area contributed by atoms with Crippen molar-refractivity contribution < 1.29 is 18.0 Å². The number of sulfonamides is 1. The summed E-state index contributed by atoms with van der Waals surface area (Å²) in [5.74, 6) is -0.772. The highest BCUT2D eigenvalue weighted by atomic mass is 35.5. The first-order valence-corrected chi connectivity index (χ1v) is 13.2. The molecule has 0 saturated heterocycles. The lowest BCUT2D eigenvalue weighted by Gasteiger charge is -2.31. The molecule has 0 spiro atoms. The zero-order chi connectivity index (χ0) is 24.6. The zero-order valence-corrected chi connectivity index (χ0v) is 21.1. The van der Waals surface area contributed by atoms with Gasteiger partial charge in [-0.15, -0.1) is 0 Å². The molecule has 1 N–H and O–H groups in total. The van der Waals surface area contributed by atoms with Crippen LogP contribution in [-0.4, -0.2) is 50.5 Å². The van der Waals surface area contributed by atoms with E-state index < -0.39 is 28.5 Å². The minimum absolute atomic E-state index is 0.142. The highest BCUT2D eigenvalue weighted by molar-refractivity contribution is 7.92. The second kappa shape index (κ2) is 12.0. The van der Waals surface area contributed by atoms with Crippen LogP contribution in [0.2, 0.25) is 5.02 Å². The van der Waals surface area contributed by atoms with Crippen LogP contribution in [0.1, 0.15) is 38.3 Å². The molecule has 0 aliphatic heterocycles. The van der Waals surface area contributed by atoms with Gasteiger partial charge in [0, 0.05) is 18.1 Å². The summed E-state index contributed by atoms with van der Waals surface area (Å²) in [4.78, 5) is 27.5. The number of hydrogen-bond acceptors (Lipinski definition) is 4. The predicted molar refractivity (Wildman–Crippen MR) is 133 cm³/mol. The fourth-order valence-corrected chi connectivity index (χ4v) is 4.25. The molecule has 2 rings (SSSR count). The molecule has 0 saturated carbocycles. The standard InChI is InChI=1S/C24H32ClN3O4S/c1-5-15-26-24(30)18(3)27(16-20-7-11-21(25)12-8-20)23(29)17-28(33(4,31)32)22-13-9-19(6-2)10-14-22/h7-14,18H,5-6,15-17H2,1-4H3,(H,26,30)/t18-/m0/s1. The fourth-order valence-electron chi connectivity index (χ4n) is 3.28. The maximum atomic E-state index is 13.4. The van der Waals surface area contributed by atoms with Gasteiger partial charge in [-0.1, -0.05) is 49.7 Å². The average Bonchev–Trinajstić information content (AvgIpc) is 2.79. The van der Waals surface area contributed by atoms with E-state index in [2.05, 4.69) is 5.32 Å². The van der Waals surface area contributed by atoms with Crippen LogP contribution in [0.5, 0.6) is 0 Å². The molecular formula is C24H32ClN3O4S. The predicted octanol–water partition coefficient (Wildman–Crippen LogP) is 3.61. The van der Waals surface area contributed by atoms with E-state index in [-0.39, 0.29) is 12.5 Å². The van der Waals surface area contributed by atoms with E-state index in [1.807, 2.05) is 26.0 Å². The van der Waals surface area contributed by atoms with E-state index in [9.17, 15) is 18.0 Å². The van der Waals surface area contributed by atoms with Crippen LogP contribution in [0.25, 0.3) is 0 Å². The molecule has 0 aromatic heterocycles. The van der Waals surface area contributed by atoms with Crippen molar-refractivity contribution in [3.8, 4) is 0 Å². The molecule has 180 valence electrons. The van der Waals surface area contributed by atoms with Gasteiger partial charge < -0.3 is 10.2 Å². The number of nitrogens with zero attached hydrogens (tertiary/aromatic N) is 2. The largest absolute Gasteiger partial charge is 0.354 e. The third-order valence-electron chi connectivity index (χ3n) is 5.29. The minimum Gasteiger partial charge on any atom is -0.354 e. The van der Waals surface area contributed by atoms with Gasteiger partial charge in [0.05, 0.1) is 11.9 Å². The van der Waals surface area contributed by atoms with Crippen LogP contribution in [-0.2, 0) is 32.6 Å². The van der Waals surface area contributed by atoms with Gasteiger partial charge in [0.25, 0.3) is 0 Å². The molecule has 33 heavy (non-hydrogen) atoms. The Labute approximate surface area is 201 Å². The van der Waals surface area contributed by atoms with Crippen LogP contribution in [0.4, 0.5) is 5.69 Å². The lowest BCUT2D eigenvalue weighted by Crippen LogP contribution is -2.51. The van der Waals surface area contributed by atoms with Gasteiger partial charge in [0.1, 0.15) is 12.6 Å². The Kier molecular flexibility index (Phi) is 9.73. The summed E-state index contributed by atoms with van der Waals surface area (Å²) >= 11 is 5.97. The number of benzene rings is 2. The lowest BCUT2D eigenvalue weighted by atomic mass is 10.1. The van der Waals surface area contributed by atoms with Crippen molar-refractivity contribution >= 4 is 39.1 Å². The SMILES string of the molecule is CCCNC(=O)[C@H](C)N(Cc1ccc(Cl)cc1)C(=O)CN(c1ccc(CC)cc1)S(C)(=O)=O. The van der Waals surface area contributed by atoms with Crippen molar-refractivity contribution in [2.24, 2.45) is 0 Å². The number of amides is 2. The van der Waals surface area contributed by atoms with E-state index in [1.165, 1.54) is 4.90 Å². The van der Waals surface area contributed by atoms with Gasteiger partial charge in [-0.05, 0) is 55.2 Å². The summed E-state index contributed by atoms with van der Waals surface area (Å²) in [5, 5.41) is 3.36. The van der Waals surface area contributed by atoms with Crippen LogP contribution in [0.3, 0.4) is 0 Å². The number of rotatable bonds is 11. The number of nitrogens with one attached hydrogen (secondary N) is 1. The highest BCUT2D eigenvalue weighted by Crippen LogP contribution is 2.20. The molecule has 0 fully saturated rings. The Bertz CT molecular complexity index is 1040. The molecule has 2 aromatic carbocycles. The lowest BCUT2D eigenvalue weighted by molar-refractivity contribution is -0.139. The van der Waals surface area contributed by atoms with E-state index in [0.717, 1.165) is 34.5 Å². The van der Waals surface area contributed by atoms with Gasteiger partial charge in [-0.3, -0.25) is 13.9 Å². The topological polar surface area (TPSA) is 86.8 Å². The average molecular weight is 494 g/mol. The van der Waals surface area contributed by atoms with E-state index in [1.54, 1.807) is 43.3 Å². The van der Waals surface area contributed by atoms with Gasteiger partial charge in [0.15, 0.2) is 0 Å². The van der Waals surface area contributed by atoms with Crippen LogP contribution in [0, 0.1) is 0 Å². The summed E-state index contributed by atoms with van der Waals surface area (Å²) in [6.45, 7) is 5.80. The molecule has 2 amide bonds. The van der Waals surface area contributed by atoms with E-state index >= 15 is 0 Å². The van der Waals surface area contributed by atoms with Crippen molar-refractivity contribution in [2.75, 3.05) is 23.7 Å². The van der Waals surface area contributed by atoms with Crippen molar-refractivity contribution in [3.63, 3.8) is 0 Å². The summed E-state index contributed by atoms with van der Waals surface area (Å²) in [6, 6.07) is 13.2. The first-order valence-electron chi connectivity index (χ1n) is 10.9. The molecule has 0 heterocycles. The second-order valence-electron chi connectivity index (χ2n) is 7.90. The Hall–Kier alpha value is -2.58. The maximum Gasteiger partial charge on any atom is 0.244 e. The maximum absolute atomic E-state index is 13.4. The van der Waals surface area contributed by atoms with Gasteiger partial charge in [-0.25, -0.2) is 8.42 Å². The van der Waals surface area contributed by atoms with E-state index in [0.29, 0.717) is 17.3 Å². The summed E-state index contributed by atoms with van der Waals surface area (Å²) in [7, 11) is -3.74. The number of halogens is 1. The monoisotopic (exact) mass is 493 g/mol. The fraction of sp³-hybridized carbons (Fsp3) is 0.417. The van der Waals surface area contributed by atoms with Crippen molar-refractivity contribution in [3.05, 3.63) is 64.7 Å². The number of hydrogen-bond donors (Lipinski definition) is 1. The Balaban J connectivity index is 2.34. The number of carbonyl (C=O) groups excluding carboxylic acids is 2. The Morgan fingerprint density at radius 3 is 2.09 bits per heavy atom. The molecule has 0 aliphatic carbocycles. The van der Waals surface area contributed by atoms with Crippen LogP contribution >= 0.6 is 11.6 Å². The molecule has 0 bridgehead atoms. The van der Waals surface area contributed by atoms with Gasteiger partial charge in [0.2, 0.25) is 21.8 Å². The first-order chi connectivity index (χ1) is 15.6. The van der Waals surface area contributed by atoms with Crippen LogP contribution in [0.15, 0.2) is 48.5 Å². The zero-order valence-electron chi connectivity index (χ0n) is 19.5. The molecule has 2 aromatic rings. The normalized spacial score (nSPS) is 12.2. The molecule has 7 nitrogen and oxygen atoms in total. The smallest absolute Gasteiger partial charge is 0.244 e. The molecule has 0 aliphatic rings. The number of aryl methyl sites for hydroxylation is 1. The van der Waals surface area contributed by atoms with Crippen molar-refractivity contribution in [1.29, 1.82) is 0 Å². The molecule has 0 unspecified atom stereocenters. The Morgan fingerprint density at radius 2 is 1.58 bits per heavy atom.